The second-order valence-electron chi connectivity index (χ2n) is 11.0. The number of carboxylic acid groups (broad SMARTS) is 1. The van der Waals surface area contributed by atoms with E-state index in [-0.39, 0.29) is 68.1 Å². The normalized spacial score (nSPS) is 19.4. The molecule has 5 rings (SSSR count). The Morgan fingerprint density at radius 3 is 2.33 bits per heavy atom. The van der Waals surface area contributed by atoms with Crippen molar-refractivity contribution in [3.8, 4) is 11.6 Å². The highest BCUT2D eigenvalue weighted by atomic mass is 16.5. The topological polar surface area (TPSA) is 166 Å². The third-order valence-electron chi connectivity index (χ3n) is 8.15. The molecular formula is C29H37N7O7. The summed E-state index contributed by atoms with van der Waals surface area (Å²) < 4.78 is 7.48. The molecule has 14 nitrogen and oxygen atoms in total. The van der Waals surface area contributed by atoms with Crippen molar-refractivity contribution in [3.05, 3.63) is 42.1 Å². The van der Waals surface area contributed by atoms with Crippen molar-refractivity contribution in [1.29, 1.82) is 0 Å². The van der Waals surface area contributed by atoms with Gasteiger partial charge in [0.25, 0.3) is 11.8 Å². The molecule has 3 heterocycles. The summed E-state index contributed by atoms with van der Waals surface area (Å²) >= 11 is 0. The van der Waals surface area contributed by atoms with Crippen molar-refractivity contribution in [2.24, 2.45) is 0 Å². The zero-order valence-corrected chi connectivity index (χ0v) is 24.1. The summed E-state index contributed by atoms with van der Waals surface area (Å²) in [4.78, 5) is 67.4. The first-order valence-electron chi connectivity index (χ1n) is 14.7. The number of piperazine rings is 1. The maximum atomic E-state index is 13.4. The van der Waals surface area contributed by atoms with E-state index in [1.54, 1.807) is 36.1 Å². The fourth-order valence-electron chi connectivity index (χ4n) is 5.44. The second kappa shape index (κ2) is 13.1. The van der Waals surface area contributed by atoms with E-state index in [0.29, 0.717) is 18.7 Å². The Hall–Kier alpha value is -4.62. The minimum Gasteiger partial charge on any atom is -0.465 e. The van der Waals surface area contributed by atoms with E-state index in [9.17, 15) is 24.0 Å². The van der Waals surface area contributed by atoms with Gasteiger partial charge in [-0.1, -0.05) is 18.2 Å². The van der Waals surface area contributed by atoms with Crippen LogP contribution in [0.2, 0.25) is 0 Å². The van der Waals surface area contributed by atoms with Gasteiger partial charge in [-0.05, 0) is 51.2 Å². The predicted molar refractivity (Wildman–Crippen MR) is 153 cm³/mol. The predicted octanol–water partition coefficient (Wildman–Crippen LogP) is 0.851. The molecule has 0 bridgehead atoms. The molecule has 0 unspecified atom stereocenters. The van der Waals surface area contributed by atoms with Crippen molar-refractivity contribution >= 4 is 29.7 Å². The van der Waals surface area contributed by atoms with Crippen LogP contribution in [-0.4, -0.2) is 117 Å². The molecule has 5 amide bonds. The molecule has 2 saturated heterocycles. The Kier molecular flexibility index (Phi) is 9.12. The summed E-state index contributed by atoms with van der Waals surface area (Å²) in [5, 5.41) is 19.1. The lowest BCUT2D eigenvalue weighted by molar-refractivity contribution is -0.143. The highest BCUT2D eigenvalue weighted by molar-refractivity contribution is 5.95. The van der Waals surface area contributed by atoms with Gasteiger partial charge in [0.05, 0.1) is 12.2 Å². The lowest BCUT2D eigenvalue weighted by Gasteiger charge is -2.33. The van der Waals surface area contributed by atoms with Gasteiger partial charge in [0, 0.05) is 44.8 Å². The van der Waals surface area contributed by atoms with Crippen LogP contribution in [0.1, 0.15) is 49.5 Å². The molecule has 2 aliphatic heterocycles. The summed E-state index contributed by atoms with van der Waals surface area (Å²) in [5.41, 5.74) is 0.587. The highest BCUT2D eigenvalue weighted by Crippen LogP contribution is 2.25. The van der Waals surface area contributed by atoms with Gasteiger partial charge in [-0.3, -0.25) is 19.2 Å². The fourth-order valence-corrected chi connectivity index (χ4v) is 5.44. The molecule has 1 aromatic carbocycles. The molecule has 43 heavy (non-hydrogen) atoms. The monoisotopic (exact) mass is 595 g/mol. The number of aromatic nitrogens is 2. The van der Waals surface area contributed by atoms with Crippen molar-refractivity contribution in [2.45, 2.75) is 57.2 Å². The number of likely N-dealkylation sites (tertiary alicyclic amines) is 1. The van der Waals surface area contributed by atoms with E-state index in [2.05, 4.69) is 15.7 Å². The Morgan fingerprint density at radius 1 is 0.977 bits per heavy atom. The smallest absolute Gasteiger partial charge is 0.407 e. The van der Waals surface area contributed by atoms with Crippen LogP contribution in [0.25, 0.3) is 5.69 Å². The SMILES string of the molecule is C[C@@H](Oc1cc(C(=O)NCC(=O)N2CCN(C(=O)O)CC2)nn1-c1ccccc1)C(=O)N1CCC[C@H]1C(=O)NC1CCC1. The average Bonchev–Trinajstić information content (AvgIpc) is 3.65. The number of hydrogen-bond acceptors (Lipinski definition) is 7. The van der Waals surface area contributed by atoms with Crippen LogP contribution >= 0.6 is 0 Å². The fraction of sp³-hybridized carbons (Fsp3) is 0.517. The lowest BCUT2D eigenvalue weighted by atomic mass is 9.93. The average molecular weight is 596 g/mol. The highest BCUT2D eigenvalue weighted by Gasteiger charge is 2.38. The van der Waals surface area contributed by atoms with E-state index >= 15 is 0 Å². The number of amides is 5. The lowest BCUT2D eigenvalue weighted by Crippen LogP contribution is -2.52. The second-order valence-corrected chi connectivity index (χ2v) is 11.0. The van der Waals surface area contributed by atoms with Crippen molar-refractivity contribution < 1.29 is 33.8 Å². The van der Waals surface area contributed by atoms with Crippen LogP contribution in [0, 0.1) is 0 Å². The van der Waals surface area contributed by atoms with E-state index in [1.807, 2.05) is 6.07 Å². The van der Waals surface area contributed by atoms with Gasteiger partial charge in [0.2, 0.25) is 17.7 Å². The molecular weight excluding hydrogens is 558 g/mol. The molecule has 2 atom stereocenters. The Labute approximate surface area is 248 Å². The number of nitrogens with zero attached hydrogens (tertiary/aromatic N) is 5. The molecule has 1 aliphatic carbocycles. The summed E-state index contributed by atoms with van der Waals surface area (Å²) in [7, 11) is 0. The largest absolute Gasteiger partial charge is 0.465 e. The third-order valence-corrected chi connectivity index (χ3v) is 8.15. The summed E-state index contributed by atoms with van der Waals surface area (Å²) in [5.74, 6) is -1.25. The minimum absolute atomic E-state index is 0.0130. The zero-order valence-electron chi connectivity index (χ0n) is 24.1. The zero-order chi connectivity index (χ0) is 30.5. The number of carbonyl (C=O) groups is 5. The van der Waals surface area contributed by atoms with E-state index in [0.717, 1.165) is 25.7 Å². The maximum Gasteiger partial charge on any atom is 0.407 e. The Bertz CT molecular complexity index is 1350. The van der Waals surface area contributed by atoms with Crippen molar-refractivity contribution in [3.63, 3.8) is 0 Å². The van der Waals surface area contributed by atoms with Crippen LogP contribution in [-0.2, 0) is 14.4 Å². The number of para-hydroxylation sites is 1. The van der Waals surface area contributed by atoms with Crippen molar-refractivity contribution in [1.82, 2.24) is 35.1 Å². The first-order valence-corrected chi connectivity index (χ1v) is 14.7. The molecule has 3 fully saturated rings. The number of rotatable bonds is 9. The number of ether oxygens (including phenoxy) is 1. The van der Waals surface area contributed by atoms with Crippen LogP contribution in [0.5, 0.6) is 5.88 Å². The van der Waals surface area contributed by atoms with E-state index in [1.165, 1.54) is 20.5 Å². The van der Waals surface area contributed by atoms with Gasteiger partial charge in [0.1, 0.15) is 6.04 Å². The molecule has 1 saturated carbocycles. The van der Waals surface area contributed by atoms with Gasteiger partial charge >= 0.3 is 6.09 Å². The molecule has 3 N–H and O–H groups in total. The summed E-state index contributed by atoms with van der Waals surface area (Å²) in [6.07, 6.45) is 2.35. The van der Waals surface area contributed by atoms with E-state index < -0.39 is 24.1 Å². The van der Waals surface area contributed by atoms with Crippen LogP contribution in [0.3, 0.4) is 0 Å². The van der Waals surface area contributed by atoms with Crippen LogP contribution in [0.15, 0.2) is 36.4 Å². The number of carbonyl (C=O) groups excluding carboxylic acids is 4. The van der Waals surface area contributed by atoms with Gasteiger partial charge < -0.3 is 35.2 Å². The van der Waals surface area contributed by atoms with Gasteiger partial charge in [-0.2, -0.15) is 5.10 Å². The third kappa shape index (κ3) is 6.89. The first-order chi connectivity index (χ1) is 20.7. The number of nitrogens with one attached hydrogen (secondary N) is 2. The van der Waals surface area contributed by atoms with Crippen molar-refractivity contribution in [2.75, 3.05) is 39.3 Å². The summed E-state index contributed by atoms with van der Waals surface area (Å²) in [6.45, 7) is 2.68. The van der Waals surface area contributed by atoms with Gasteiger partial charge in [-0.25, -0.2) is 9.48 Å². The molecule has 1 aromatic heterocycles. The standard InChI is InChI=1S/C29H37N7O7/c1-19(28(40)35-12-6-11-23(35)27(39)31-20-7-5-8-20)43-25-17-22(32-36(25)21-9-3-2-4-10-21)26(38)30-18-24(37)33-13-15-34(16-14-33)29(41)42/h2-4,9-10,17,19-20,23H,5-8,11-16,18H2,1H3,(H,30,38)(H,31,39)(H,41,42)/t19-,23+/m1/s1. The molecule has 230 valence electrons. The quantitative estimate of drug-likeness (QED) is 0.384. The summed E-state index contributed by atoms with van der Waals surface area (Å²) in [6, 6.07) is 10.0. The first kappa shape index (κ1) is 29.9. The van der Waals surface area contributed by atoms with Crippen LogP contribution < -0.4 is 15.4 Å². The minimum atomic E-state index is -1.03. The molecule has 14 heteroatoms. The molecule has 0 radical (unpaired) electrons. The van der Waals surface area contributed by atoms with Crippen LogP contribution in [0.4, 0.5) is 4.79 Å². The molecule has 2 aromatic rings. The van der Waals surface area contributed by atoms with Gasteiger partial charge in [0.15, 0.2) is 11.8 Å². The molecule has 3 aliphatic rings. The van der Waals surface area contributed by atoms with Gasteiger partial charge in [-0.15, -0.1) is 0 Å². The Morgan fingerprint density at radius 2 is 1.67 bits per heavy atom. The maximum absolute atomic E-state index is 13.4. The number of hydrogen-bond donors (Lipinski definition) is 3. The molecule has 0 spiro atoms. The Balaban J connectivity index is 1.24. The van der Waals surface area contributed by atoms with E-state index in [4.69, 9.17) is 9.84 Å². The number of benzene rings is 1.